The molecule has 0 spiro atoms. The molecule has 1 aliphatic rings. The summed E-state index contributed by atoms with van der Waals surface area (Å²) in [5, 5.41) is 16.2. The zero-order chi connectivity index (χ0) is 23.4. The minimum atomic E-state index is -4.65. The average Bonchev–Trinajstić information content (AvgIpc) is 2.96. The van der Waals surface area contributed by atoms with E-state index in [9.17, 15) is 28.9 Å². The fourth-order valence-electron chi connectivity index (χ4n) is 3.06. The van der Waals surface area contributed by atoms with Gasteiger partial charge < -0.3 is 19.5 Å². The molecule has 16 heteroatoms. The highest BCUT2D eigenvalue weighted by Gasteiger charge is 2.54. The third kappa shape index (κ3) is 5.40. The van der Waals surface area contributed by atoms with Crippen molar-refractivity contribution in [3.63, 3.8) is 0 Å². The average molecular weight is 462 g/mol. The number of esters is 1. The first kappa shape index (κ1) is 24.8. The molecule has 2 heterocycles. The fraction of sp³-hybridized carbons (Fsp3) is 0.667. The van der Waals surface area contributed by atoms with Gasteiger partial charge in [0.15, 0.2) is 5.72 Å². The SMILES string of the molecule is CC[C@H](NP(=O)(O)OC[C@@]1(N=[N+]=[N-])O[C@@H](n2ccc(=O)[nH]c2=O)[C@@H](C)[C@@H]1O)C(=O)OC. The van der Waals surface area contributed by atoms with Gasteiger partial charge in [0.05, 0.1) is 19.8 Å². The number of aliphatic hydroxyl groups is 1. The number of aromatic amines is 1. The predicted octanol–water partition coefficient (Wildman–Crippen LogP) is -0.273. The standard InChI is InChI=1S/C15H23N6O9P/c1-4-9(13(24)28-3)18-31(26,27)29-7-15(19-20-16)11(23)8(2)12(30-15)21-6-5-10(22)17-14(21)25/h5-6,8-9,11-12,23H,4,7H2,1-3H3,(H,17,22,25)(H2,18,26,27)/t8-,9-,11-,12+,15+/m0/s1. The van der Waals surface area contributed by atoms with Crippen molar-refractivity contribution in [2.75, 3.05) is 13.7 Å². The molecule has 0 bridgehead atoms. The van der Waals surface area contributed by atoms with Crippen LogP contribution in [-0.2, 0) is 23.4 Å². The van der Waals surface area contributed by atoms with E-state index in [0.717, 1.165) is 23.9 Å². The second kappa shape index (κ2) is 9.75. The molecule has 31 heavy (non-hydrogen) atoms. The normalized spacial score (nSPS) is 28.4. The Morgan fingerprint density at radius 1 is 1.58 bits per heavy atom. The summed E-state index contributed by atoms with van der Waals surface area (Å²) < 4.78 is 28.4. The Balaban J connectivity index is 2.28. The molecular formula is C15H23N6O9P. The van der Waals surface area contributed by atoms with Gasteiger partial charge in [-0.1, -0.05) is 19.0 Å². The van der Waals surface area contributed by atoms with E-state index in [1.54, 1.807) is 6.92 Å². The molecule has 6 atom stereocenters. The van der Waals surface area contributed by atoms with E-state index in [4.69, 9.17) is 14.8 Å². The molecule has 0 aliphatic carbocycles. The second-order valence-electron chi connectivity index (χ2n) is 6.77. The Labute approximate surface area is 175 Å². The van der Waals surface area contributed by atoms with Crippen LogP contribution in [0.2, 0.25) is 0 Å². The minimum Gasteiger partial charge on any atom is -0.468 e. The van der Waals surface area contributed by atoms with E-state index >= 15 is 0 Å². The molecule has 2 rings (SSSR count). The summed E-state index contributed by atoms with van der Waals surface area (Å²) in [6, 6.07) is -0.102. The van der Waals surface area contributed by atoms with Crippen LogP contribution < -0.4 is 16.3 Å². The largest absolute Gasteiger partial charge is 0.468 e. The summed E-state index contributed by atoms with van der Waals surface area (Å²) in [6.07, 6.45) is -1.52. The second-order valence-corrected chi connectivity index (χ2v) is 8.33. The van der Waals surface area contributed by atoms with E-state index in [-0.39, 0.29) is 6.42 Å². The summed E-state index contributed by atoms with van der Waals surface area (Å²) in [5.41, 5.74) is 5.28. The zero-order valence-electron chi connectivity index (χ0n) is 16.9. The van der Waals surface area contributed by atoms with Crippen molar-refractivity contribution < 1.29 is 33.4 Å². The van der Waals surface area contributed by atoms with Crippen LogP contribution in [0.25, 0.3) is 10.4 Å². The number of hydrogen-bond acceptors (Lipinski definition) is 9. The smallest absolute Gasteiger partial charge is 0.403 e. The minimum absolute atomic E-state index is 0.107. The molecule has 172 valence electrons. The number of H-pyrrole nitrogens is 1. The van der Waals surface area contributed by atoms with E-state index in [1.807, 2.05) is 4.98 Å². The Kier molecular flexibility index (Phi) is 7.78. The van der Waals surface area contributed by atoms with Gasteiger partial charge in [-0.15, -0.1) is 0 Å². The van der Waals surface area contributed by atoms with E-state index in [1.165, 1.54) is 6.92 Å². The number of nitrogens with one attached hydrogen (secondary N) is 2. The number of rotatable bonds is 9. The molecule has 1 fully saturated rings. The third-order valence-corrected chi connectivity index (χ3v) is 5.85. The Bertz CT molecular complexity index is 1020. The fourth-order valence-corrected chi connectivity index (χ4v) is 4.18. The summed E-state index contributed by atoms with van der Waals surface area (Å²) in [7, 11) is -3.54. The van der Waals surface area contributed by atoms with Gasteiger partial charge in [0.25, 0.3) is 5.56 Å². The van der Waals surface area contributed by atoms with Crippen LogP contribution in [0.15, 0.2) is 27.0 Å². The number of aromatic nitrogens is 2. The van der Waals surface area contributed by atoms with Crippen LogP contribution in [0.4, 0.5) is 0 Å². The van der Waals surface area contributed by atoms with E-state index < -0.39 is 61.6 Å². The first-order chi connectivity index (χ1) is 14.5. The maximum Gasteiger partial charge on any atom is 0.403 e. The molecule has 1 aliphatic heterocycles. The van der Waals surface area contributed by atoms with Crippen molar-refractivity contribution in [2.24, 2.45) is 11.0 Å². The quantitative estimate of drug-likeness (QED) is 0.124. The molecule has 0 radical (unpaired) electrons. The number of hydrogen-bond donors (Lipinski definition) is 4. The lowest BCUT2D eigenvalue weighted by Gasteiger charge is -2.28. The number of methoxy groups -OCH3 is 1. The molecule has 1 aromatic heterocycles. The summed E-state index contributed by atoms with van der Waals surface area (Å²) in [6.45, 7) is 2.15. The van der Waals surface area contributed by atoms with Crippen molar-refractivity contribution >= 4 is 13.7 Å². The van der Waals surface area contributed by atoms with Crippen LogP contribution in [0.1, 0.15) is 26.5 Å². The van der Waals surface area contributed by atoms with Crippen LogP contribution in [0.5, 0.6) is 0 Å². The first-order valence-electron chi connectivity index (χ1n) is 9.06. The third-order valence-electron chi connectivity index (χ3n) is 4.73. The van der Waals surface area contributed by atoms with Gasteiger partial charge in [0.1, 0.15) is 12.3 Å². The van der Waals surface area contributed by atoms with Crippen molar-refractivity contribution in [3.05, 3.63) is 43.5 Å². The van der Waals surface area contributed by atoms with E-state index in [0.29, 0.717) is 0 Å². The molecule has 1 aromatic rings. The lowest BCUT2D eigenvalue weighted by atomic mass is 9.98. The zero-order valence-corrected chi connectivity index (χ0v) is 17.8. The maximum atomic E-state index is 12.4. The molecule has 1 unspecified atom stereocenters. The highest BCUT2D eigenvalue weighted by Crippen LogP contribution is 2.46. The van der Waals surface area contributed by atoms with Crippen molar-refractivity contribution in [2.45, 2.75) is 44.4 Å². The van der Waals surface area contributed by atoms with Gasteiger partial charge >= 0.3 is 19.4 Å². The maximum absolute atomic E-state index is 12.4. The molecule has 15 nitrogen and oxygen atoms in total. The van der Waals surface area contributed by atoms with Crippen LogP contribution in [0.3, 0.4) is 0 Å². The predicted molar refractivity (Wildman–Crippen MR) is 104 cm³/mol. The highest BCUT2D eigenvalue weighted by molar-refractivity contribution is 7.50. The van der Waals surface area contributed by atoms with Gasteiger partial charge in [0, 0.05) is 23.1 Å². The lowest BCUT2D eigenvalue weighted by Crippen LogP contribution is -2.44. The molecule has 0 saturated carbocycles. The molecule has 4 N–H and O–H groups in total. The summed E-state index contributed by atoms with van der Waals surface area (Å²) >= 11 is 0. The topological polar surface area (TPSA) is 218 Å². The van der Waals surface area contributed by atoms with Crippen LogP contribution >= 0.6 is 7.75 Å². The molecule has 1 saturated heterocycles. The number of ether oxygens (including phenoxy) is 2. The monoisotopic (exact) mass is 462 g/mol. The number of aliphatic hydroxyl groups excluding tert-OH is 1. The molecular weight excluding hydrogens is 439 g/mol. The highest BCUT2D eigenvalue weighted by atomic mass is 31.2. The Morgan fingerprint density at radius 3 is 2.81 bits per heavy atom. The van der Waals surface area contributed by atoms with Crippen molar-refractivity contribution in [3.8, 4) is 0 Å². The number of azide groups is 1. The summed E-state index contributed by atoms with van der Waals surface area (Å²) in [5.74, 6) is -1.66. The lowest BCUT2D eigenvalue weighted by molar-refractivity contribution is -0.143. The number of nitrogens with zero attached hydrogens (tertiary/aromatic N) is 4. The molecule has 0 aromatic carbocycles. The Morgan fingerprint density at radius 2 is 2.26 bits per heavy atom. The van der Waals surface area contributed by atoms with Gasteiger partial charge in [-0.3, -0.25) is 23.7 Å². The van der Waals surface area contributed by atoms with Gasteiger partial charge in [-0.25, -0.2) is 14.4 Å². The number of carbonyl (C=O) groups excluding carboxylic acids is 1. The van der Waals surface area contributed by atoms with Crippen molar-refractivity contribution in [1.82, 2.24) is 14.6 Å². The van der Waals surface area contributed by atoms with Gasteiger partial charge in [0.2, 0.25) is 0 Å². The van der Waals surface area contributed by atoms with Crippen LogP contribution in [0, 0.1) is 5.92 Å². The van der Waals surface area contributed by atoms with Gasteiger partial charge in [-0.2, -0.15) is 0 Å². The van der Waals surface area contributed by atoms with Gasteiger partial charge in [-0.05, 0) is 12.0 Å². The van der Waals surface area contributed by atoms with Crippen LogP contribution in [-0.4, -0.2) is 57.1 Å². The Hall–Kier alpha value is -2.51. The number of carbonyl (C=O) groups is 1. The van der Waals surface area contributed by atoms with E-state index in [2.05, 4.69) is 19.9 Å². The first-order valence-corrected chi connectivity index (χ1v) is 10.6. The molecule has 0 amide bonds. The van der Waals surface area contributed by atoms with Crippen molar-refractivity contribution in [1.29, 1.82) is 0 Å². The summed E-state index contributed by atoms with van der Waals surface area (Å²) in [4.78, 5) is 49.7.